The summed E-state index contributed by atoms with van der Waals surface area (Å²) in [6.45, 7) is 12.0. The fraction of sp³-hybridized carbons (Fsp3) is 0.833. The number of carbonyl (C=O) groups excluding carboxylic acids is 2. The Bertz CT molecular complexity index is 697. The molecule has 0 heterocycles. The summed E-state index contributed by atoms with van der Waals surface area (Å²) < 4.78 is 11.3. The molecule has 3 aliphatic carbocycles. The van der Waals surface area contributed by atoms with Crippen LogP contribution >= 0.6 is 0 Å². The minimum atomic E-state index is -0.844. The molecule has 0 aromatic rings. The van der Waals surface area contributed by atoms with Gasteiger partial charge in [0.1, 0.15) is 6.10 Å². The van der Waals surface area contributed by atoms with Gasteiger partial charge in [-0.15, -0.1) is 0 Å². The molecule has 0 aliphatic heterocycles. The van der Waals surface area contributed by atoms with Crippen molar-refractivity contribution in [3.05, 3.63) is 11.6 Å². The molecule has 6 atom stereocenters. The van der Waals surface area contributed by atoms with E-state index >= 15 is 0 Å². The number of rotatable bonds is 4. The highest BCUT2D eigenvalue weighted by molar-refractivity contribution is 5.66. The SMILES string of the molecule is CC(=O)OC[C@]1(C)CCC[C@@]2(C)[C@@H]1C[C@@H](OC(C)=O)C1=C[C@@](O)(C(C)C)CC[C@@H]12. The Kier molecular flexibility index (Phi) is 5.94. The van der Waals surface area contributed by atoms with Gasteiger partial charge in [0.05, 0.1) is 12.2 Å². The highest BCUT2D eigenvalue weighted by Crippen LogP contribution is 2.64. The molecule has 0 amide bonds. The van der Waals surface area contributed by atoms with Crippen molar-refractivity contribution >= 4 is 11.9 Å². The molecule has 0 aromatic carbocycles. The second-order valence-corrected chi connectivity index (χ2v) is 10.6. The maximum absolute atomic E-state index is 11.9. The number of fused-ring (bicyclic) bond motifs is 3. The molecule has 0 aromatic heterocycles. The third-order valence-corrected chi connectivity index (χ3v) is 8.28. The van der Waals surface area contributed by atoms with E-state index in [-0.39, 0.29) is 40.7 Å². The number of ether oxygens (including phenoxy) is 2. The fourth-order valence-electron chi connectivity index (χ4n) is 6.58. The average Bonchev–Trinajstić information content (AvgIpc) is 2.61. The van der Waals surface area contributed by atoms with Crippen LogP contribution in [0.5, 0.6) is 0 Å². The van der Waals surface area contributed by atoms with E-state index < -0.39 is 5.60 Å². The Labute approximate surface area is 175 Å². The summed E-state index contributed by atoms with van der Waals surface area (Å²) in [5, 5.41) is 11.2. The molecular formula is C24H38O5. The van der Waals surface area contributed by atoms with Crippen molar-refractivity contribution in [2.45, 2.75) is 91.8 Å². The lowest BCUT2D eigenvalue weighted by Crippen LogP contribution is -2.57. The topological polar surface area (TPSA) is 72.8 Å². The summed E-state index contributed by atoms with van der Waals surface area (Å²) in [6.07, 6.45) is 7.29. The first-order valence-corrected chi connectivity index (χ1v) is 11.2. The van der Waals surface area contributed by atoms with Crippen LogP contribution in [0.1, 0.15) is 80.1 Å². The molecule has 0 unspecified atom stereocenters. The summed E-state index contributed by atoms with van der Waals surface area (Å²) in [5.41, 5.74) is 0.184. The summed E-state index contributed by atoms with van der Waals surface area (Å²) in [5.74, 6) is 0.155. The van der Waals surface area contributed by atoms with Crippen LogP contribution in [0.2, 0.25) is 0 Å². The van der Waals surface area contributed by atoms with Gasteiger partial charge in [0.15, 0.2) is 0 Å². The van der Waals surface area contributed by atoms with Crippen molar-refractivity contribution < 1.29 is 24.2 Å². The first-order chi connectivity index (χ1) is 13.4. The third-order valence-electron chi connectivity index (χ3n) is 8.28. The summed E-state index contributed by atoms with van der Waals surface area (Å²) in [4.78, 5) is 23.4. The zero-order valence-corrected chi connectivity index (χ0v) is 18.9. The van der Waals surface area contributed by atoms with Crippen LogP contribution in [0.4, 0.5) is 0 Å². The number of carbonyl (C=O) groups is 2. The van der Waals surface area contributed by atoms with Gasteiger partial charge in [-0.2, -0.15) is 0 Å². The van der Waals surface area contributed by atoms with Crippen LogP contribution in [0.15, 0.2) is 11.6 Å². The van der Waals surface area contributed by atoms with Crippen LogP contribution in [0.3, 0.4) is 0 Å². The van der Waals surface area contributed by atoms with Crippen LogP contribution in [0, 0.1) is 28.6 Å². The molecule has 5 heteroatoms. The van der Waals surface area contributed by atoms with E-state index in [2.05, 4.69) is 13.8 Å². The van der Waals surface area contributed by atoms with Crippen LogP contribution in [-0.4, -0.2) is 35.4 Å². The number of esters is 2. The Hall–Kier alpha value is -1.36. The lowest BCUT2D eigenvalue weighted by Gasteiger charge is -2.61. The summed E-state index contributed by atoms with van der Waals surface area (Å²) in [6, 6.07) is 0. The molecule has 1 N–H and O–H groups in total. The van der Waals surface area contributed by atoms with Gasteiger partial charge in [-0.1, -0.05) is 34.1 Å². The minimum Gasteiger partial charge on any atom is -0.465 e. The quantitative estimate of drug-likeness (QED) is 0.553. The van der Waals surface area contributed by atoms with Crippen LogP contribution in [0.25, 0.3) is 0 Å². The van der Waals surface area contributed by atoms with Crippen molar-refractivity contribution in [3.63, 3.8) is 0 Å². The van der Waals surface area contributed by atoms with Gasteiger partial charge in [-0.05, 0) is 66.9 Å². The molecule has 2 saturated carbocycles. The van der Waals surface area contributed by atoms with E-state index in [0.717, 1.165) is 44.1 Å². The smallest absolute Gasteiger partial charge is 0.303 e. The van der Waals surface area contributed by atoms with E-state index in [4.69, 9.17) is 9.47 Å². The Morgan fingerprint density at radius 2 is 1.86 bits per heavy atom. The number of aliphatic hydroxyl groups is 1. The van der Waals surface area contributed by atoms with E-state index in [1.807, 2.05) is 19.9 Å². The van der Waals surface area contributed by atoms with Crippen LogP contribution < -0.4 is 0 Å². The molecule has 0 bridgehead atoms. The standard InChI is InChI=1S/C24H38O5/c1-15(2)24(27)11-8-19-18(13-24)20(29-17(4)26)12-21-22(5,14-28-16(3)25)9-7-10-23(19,21)6/h13,15,19-21,27H,7-12,14H2,1-6H3/t19-,20+,21+,22-,23+,24+/m0/s1. The maximum atomic E-state index is 11.9. The first-order valence-electron chi connectivity index (χ1n) is 11.2. The minimum absolute atomic E-state index is 0.0495. The van der Waals surface area contributed by atoms with Gasteiger partial charge >= 0.3 is 11.9 Å². The van der Waals surface area contributed by atoms with E-state index in [1.54, 1.807) is 0 Å². The second-order valence-electron chi connectivity index (χ2n) is 10.6. The molecule has 5 nitrogen and oxygen atoms in total. The predicted octanol–water partition coefficient (Wildman–Crippen LogP) is 4.42. The molecule has 0 spiro atoms. The molecule has 3 aliphatic rings. The lowest BCUT2D eigenvalue weighted by atomic mass is 9.45. The highest BCUT2D eigenvalue weighted by Gasteiger charge is 2.59. The van der Waals surface area contributed by atoms with Crippen molar-refractivity contribution in [3.8, 4) is 0 Å². The van der Waals surface area contributed by atoms with Gasteiger partial charge in [-0.25, -0.2) is 0 Å². The zero-order valence-electron chi connectivity index (χ0n) is 18.9. The zero-order chi connectivity index (χ0) is 21.6. The highest BCUT2D eigenvalue weighted by atomic mass is 16.5. The Balaban J connectivity index is 2.02. The van der Waals surface area contributed by atoms with Crippen molar-refractivity contribution in [1.29, 1.82) is 0 Å². The van der Waals surface area contributed by atoms with Crippen LogP contribution in [-0.2, 0) is 19.1 Å². The summed E-state index contributed by atoms with van der Waals surface area (Å²) >= 11 is 0. The lowest BCUT2D eigenvalue weighted by molar-refractivity contribution is -0.165. The fourth-order valence-corrected chi connectivity index (χ4v) is 6.58. The monoisotopic (exact) mass is 406 g/mol. The number of hydrogen-bond acceptors (Lipinski definition) is 5. The van der Waals surface area contributed by atoms with Crippen molar-refractivity contribution in [2.75, 3.05) is 6.61 Å². The van der Waals surface area contributed by atoms with E-state index in [1.165, 1.54) is 13.8 Å². The molecular weight excluding hydrogens is 368 g/mol. The van der Waals surface area contributed by atoms with Gasteiger partial charge in [-0.3, -0.25) is 9.59 Å². The largest absolute Gasteiger partial charge is 0.465 e. The molecule has 2 fully saturated rings. The Morgan fingerprint density at radius 1 is 1.17 bits per heavy atom. The van der Waals surface area contributed by atoms with Gasteiger partial charge in [0.2, 0.25) is 0 Å². The third kappa shape index (κ3) is 3.99. The average molecular weight is 407 g/mol. The predicted molar refractivity (Wildman–Crippen MR) is 111 cm³/mol. The molecule has 0 radical (unpaired) electrons. The van der Waals surface area contributed by atoms with Crippen molar-refractivity contribution in [2.24, 2.45) is 28.6 Å². The Morgan fingerprint density at radius 3 is 2.45 bits per heavy atom. The van der Waals surface area contributed by atoms with Gasteiger partial charge in [0, 0.05) is 19.3 Å². The first kappa shape index (κ1) is 22.3. The normalized spacial score (nSPS) is 41.8. The van der Waals surface area contributed by atoms with E-state index in [0.29, 0.717) is 12.5 Å². The molecule has 164 valence electrons. The van der Waals surface area contributed by atoms with Crippen molar-refractivity contribution in [1.82, 2.24) is 0 Å². The summed E-state index contributed by atoms with van der Waals surface area (Å²) in [7, 11) is 0. The molecule has 3 rings (SSSR count). The second kappa shape index (κ2) is 7.72. The number of hydrogen-bond donors (Lipinski definition) is 1. The van der Waals surface area contributed by atoms with Gasteiger partial charge < -0.3 is 14.6 Å². The van der Waals surface area contributed by atoms with E-state index in [9.17, 15) is 14.7 Å². The molecule has 29 heavy (non-hydrogen) atoms. The molecule has 0 saturated heterocycles. The van der Waals surface area contributed by atoms with Gasteiger partial charge in [0.25, 0.3) is 0 Å². The maximum Gasteiger partial charge on any atom is 0.303 e.